The molecule has 2 aromatic rings. The maximum absolute atomic E-state index is 13.6. The molecule has 1 amide bonds. The fourth-order valence-corrected chi connectivity index (χ4v) is 2.06. The first-order chi connectivity index (χ1) is 9.99. The zero-order chi connectivity index (χ0) is 15.4. The van der Waals surface area contributed by atoms with Crippen LogP contribution in [0.5, 0.6) is 0 Å². The van der Waals surface area contributed by atoms with Gasteiger partial charge in [0.15, 0.2) is 0 Å². The second kappa shape index (κ2) is 6.45. The Morgan fingerprint density at radius 1 is 1.24 bits per heavy atom. The van der Waals surface area contributed by atoms with Gasteiger partial charge in [-0.05, 0) is 23.8 Å². The number of halogens is 1. The number of thiocarbonyl (C=S) groups is 1. The standard InChI is InChI=1S/C16H15FN2OS/c1-19(13-7-4-6-12(9-13)16(18)21)15(20)10-11-5-2-3-8-14(11)17/h2-9H,10H2,1H3,(H2,18,21). The zero-order valence-electron chi connectivity index (χ0n) is 11.5. The second-order valence-corrected chi connectivity index (χ2v) is 5.08. The molecule has 0 saturated carbocycles. The van der Waals surface area contributed by atoms with Gasteiger partial charge in [-0.25, -0.2) is 4.39 Å². The number of amides is 1. The quantitative estimate of drug-likeness (QED) is 0.883. The summed E-state index contributed by atoms with van der Waals surface area (Å²) in [4.78, 5) is 14.0. The number of carbonyl (C=O) groups is 1. The summed E-state index contributed by atoms with van der Waals surface area (Å²) in [5.74, 6) is -0.587. The van der Waals surface area contributed by atoms with Crippen molar-refractivity contribution >= 4 is 28.8 Å². The van der Waals surface area contributed by atoms with E-state index in [9.17, 15) is 9.18 Å². The van der Waals surface area contributed by atoms with Crippen LogP contribution in [0.2, 0.25) is 0 Å². The lowest BCUT2D eigenvalue weighted by atomic mass is 10.1. The Balaban J connectivity index is 2.18. The Labute approximate surface area is 128 Å². The van der Waals surface area contributed by atoms with Gasteiger partial charge in [0.25, 0.3) is 0 Å². The SMILES string of the molecule is CN(C(=O)Cc1ccccc1F)c1cccc(C(N)=S)c1. The number of hydrogen-bond donors (Lipinski definition) is 1. The molecule has 0 saturated heterocycles. The van der Waals surface area contributed by atoms with Crippen LogP contribution in [-0.2, 0) is 11.2 Å². The summed E-state index contributed by atoms with van der Waals surface area (Å²) >= 11 is 4.92. The van der Waals surface area contributed by atoms with Crippen molar-refractivity contribution in [2.75, 3.05) is 11.9 Å². The van der Waals surface area contributed by atoms with Gasteiger partial charge in [-0.1, -0.05) is 42.5 Å². The van der Waals surface area contributed by atoms with Crippen LogP contribution in [0, 0.1) is 5.82 Å². The van der Waals surface area contributed by atoms with Crippen LogP contribution in [0.25, 0.3) is 0 Å². The fraction of sp³-hybridized carbons (Fsp3) is 0.125. The molecule has 0 aliphatic rings. The molecule has 0 unspecified atom stereocenters. The Morgan fingerprint density at radius 3 is 2.62 bits per heavy atom. The molecular formula is C16H15FN2OS. The van der Waals surface area contributed by atoms with E-state index in [0.29, 0.717) is 16.8 Å². The molecule has 5 heteroatoms. The molecule has 3 nitrogen and oxygen atoms in total. The van der Waals surface area contributed by atoms with E-state index in [1.807, 2.05) is 0 Å². The van der Waals surface area contributed by atoms with E-state index in [-0.39, 0.29) is 23.1 Å². The molecule has 0 heterocycles. The van der Waals surface area contributed by atoms with Crippen LogP contribution >= 0.6 is 12.2 Å². The summed E-state index contributed by atoms with van der Waals surface area (Å²) in [7, 11) is 1.64. The summed E-state index contributed by atoms with van der Waals surface area (Å²) < 4.78 is 13.6. The first kappa shape index (κ1) is 15.1. The summed E-state index contributed by atoms with van der Waals surface area (Å²) in [6, 6.07) is 13.3. The van der Waals surface area contributed by atoms with Crippen molar-refractivity contribution in [2.24, 2.45) is 5.73 Å². The van der Waals surface area contributed by atoms with Gasteiger partial charge in [0.05, 0.1) is 6.42 Å². The van der Waals surface area contributed by atoms with Gasteiger partial charge in [0, 0.05) is 18.3 Å². The normalized spacial score (nSPS) is 10.2. The molecule has 0 aliphatic heterocycles. The number of hydrogen-bond acceptors (Lipinski definition) is 2. The van der Waals surface area contributed by atoms with Crippen molar-refractivity contribution in [3.05, 3.63) is 65.5 Å². The predicted molar refractivity (Wildman–Crippen MR) is 85.8 cm³/mol. The topological polar surface area (TPSA) is 46.3 Å². The van der Waals surface area contributed by atoms with Crippen molar-refractivity contribution in [3.63, 3.8) is 0 Å². The van der Waals surface area contributed by atoms with Gasteiger partial charge in [0.2, 0.25) is 5.91 Å². The molecular weight excluding hydrogens is 287 g/mol. The smallest absolute Gasteiger partial charge is 0.231 e. The minimum atomic E-state index is -0.379. The number of nitrogens with two attached hydrogens (primary N) is 1. The van der Waals surface area contributed by atoms with Crippen LogP contribution in [0.4, 0.5) is 10.1 Å². The van der Waals surface area contributed by atoms with Gasteiger partial charge < -0.3 is 10.6 Å². The summed E-state index contributed by atoms with van der Waals surface area (Å²) in [5.41, 5.74) is 7.31. The summed E-state index contributed by atoms with van der Waals surface area (Å²) in [6.45, 7) is 0. The van der Waals surface area contributed by atoms with E-state index >= 15 is 0 Å². The highest BCUT2D eigenvalue weighted by atomic mass is 32.1. The number of likely N-dealkylation sites (N-methyl/N-ethyl adjacent to an activating group) is 1. The molecule has 2 N–H and O–H groups in total. The second-order valence-electron chi connectivity index (χ2n) is 4.64. The molecule has 2 rings (SSSR count). The van der Waals surface area contributed by atoms with E-state index in [2.05, 4.69) is 0 Å². The number of benzene rings is 2. The third-order valence-corrected chi connectivity index (χ3v) is 3.43. The largest absolute Gasteiger partial charge is 0.389 e. The van der Waals surface area contributed by atoms with Crippen LogP contribution in [0.15, 0.2) is 48.5 Å². The van der Waals surface area contributed by atoms with Crippen molar-refractivity contribution in [1.29, 1.82) is 0 Å². The van der Waals surface area contributed by atoms with E-state index in [1.165, 1.54) is 11.0 Å². The van der Waals surface area contributed by atoms with Crippen LogP contribution in [0.1, 0.15) is 11.1 Å². The molecule has 0 spiro atoms. The highest BCUT2D eigenvalue weighted by Gasteiger charge is 2.14. The van der Waals surface area contributed by atoms with Gasteiger partial charge >= 0.3 is 0 Å². The monoisotopic (exact) mass is 302 g/mol. The van der Waals surface area contributed by atoms with E-state index < -0.39 is 0 Å². The van der Waals surface area contributed by atoms with Crippen molar-refractivity contribution in [1.82, 2.24) is 0 Å². The third-order valence-electron chi connectivity index (χ3n) is 3.19. The van der Waals surface area contributed by atoms with Gasteiger partial charge in [-0.15, -0.1) is 0 Å². The number of carbonyl (C=O) groups excluding carboxylic acids is 1. The van der Waals surface area contributed by atoms with Crippen molar-refractivity contribution < 1.29 is 9.18 Å². The molecule has 0 bridgehead atoms. The zero-order valence-corrected chi connectivity index (χ0v) is 12.4. The lowest BCUT2D eigenvalue weighted by Crippen LogP contribution is -2.28. The Kier molecular flexibility index (Phi) is 4.65. The number of rotatable bonds is 4. The van der Waals surface area contributed by atoms with Gasteiger partial charge in [-0.3, -0.25) is 4.79 Å². The maximum atomic E-state index is 13.6. The minimum absolute atomic E-state index is 0.000469. The Morgan fingerprint density at radius 2 is 1.95 bits per heavy atom. The molecule has 0 aliphatic carbocycles. The molecule has 2 aromatic carbocycles. The minimum Gasteiger partial charge on any atom is -0.389 e. The lowest BCUT2D eigenvalue weighted by molar-refractivity contribution is -0.117. The molecule has 0 aromatic heterocycles. The molecule has 108 valence electrons. The van der Waals surface area contributed by atoms with Gasteiger partial charge in [-0.2, -0.15) is 0 Å². The first-order valence-electron chi connectivity index (χ1n) is 6.39. The Hall–Kier alpha value is -2.27. The lowest BCUT2D eigenvalue weighted by Gasteiger charge is -2.18. The highest BCUT2D eigenvalue weighted by Crippen LogP contribution is 2.17. The van der Waals surface area contributed by atoms with Crippen molar-refractivity contribution in [2.45, 2.75) is 6.42 Å². The van der Waals surface area contributed by atoms with E-state index in [4.69, 9.17) is 18.0 Å². The first-order valence-corrected chi connectivity index (χ1v) is 6.79. The van der Waals surface area contributed by atoms with Crippen LogP contribution < -0.4 is 10.6 Å². The van der Waals surface area contributed by atoms with Gasteiger partial charge in [0.1, 0.15) is 10.8 Å². The molecule has 0 radical (unpaired) electrons. The van der Waals surface area contributed by atoms with Crippen molar-refractivity contribution in [3.8, 4) is 0 Å². The average molecular weight is 302 g/mol. The Bertz CT molecular complexity index is 687. The maximum Gasteiger partial charge on any atom is 0.231 e. The van der Waals surface area contributed by atoms with E-state index in [1.54, 1.807) is 49.5 Å². The summed E-state index contributed by atoms with van der Waals surface area (Å²) in [5, 5.41) is 0. The number of anilines is 1. The van der Waals surface area contributed by atoms with Crippen LogP contribution in [-0.4, -0.2) is 17.9 Å². The average Bonchev–Trinajstić information content (AvgIpc) is 2.49. The molecule has 0 atom stereocenters. The fourth-order valence-electron chi connectivity index (χ4n) is 1.94. The highest BCUT2D eigenvalue weighted by molar-refractivity contribution is 7.80. The molecule has 21 heavy (non-hydrogen) atoms. The van der Waals surface area contributed by atoms with E-state index in [0.717, 1.165) is 0 Å². The predicted octanol–water partition coefficient (Wildman–Crippen LogP) is 2.67. The molecule has 0 fully saturated rings. The third kappa shape index (κ3) is 3.64. The number of nitrogens with zero attached hydrogens (tertiary/aromatic N) is 1. The van der Waals surface area contributed by atoms with Crippen LogP contribution in [0.3, 0.4) is 0 Å². The summed E-state index contributed by atoms with van der Waals surface area (Å²) in [6.07, 6.45) is 0.000469.